The molecule has 3 rings (SSSR count). The predicted molar refractivity (Wildman–Crippen MR) is 91.2 cm³/mol. The van der Waals surface area contributed by atoms with Gasteiger partial charge in [0.05, 0.1) is 24.5 Å². The zero-order valence-electron chi connectivity index (χ0n) is 13.4. The van der Waals surface area contributed by atoms with Gasteiger partial charge in [-0.25, -0.2) is 14.6 Å². The van der Waals surface area contributed by atoms with Crippen LogP contribution in [0, 0.1) is 5.82 Å². The van der Waals surface area contributed by atoms with Crippen molar-refractivity contribution in [3.05, 3.63) is 29.6 Å². The van der Waals surface area contributed by atoms with E-state index < -0.39 is 30.5 Å². The largest absolute Gasteiger partial charge is 0.442 e. The summed E-state index contributed by atoms with van der Waals surface area (Å²) in [6.45, 7) is -0.468. The van der Waals surface area contributed by atoms with Crippen molar-refractivity contribution in [2.45, 2.75) is 6.10 Å². The lowest BCUT2D eigenvalue weighted by Gasteiger charge is -2.16. The second kappa shape index (κ2) is 7.70. The lowest BCUT2D eigenvalue weighted by atomic mass is 10.2. The first-order valence-electron chi connectivity index (χ1n) is 7.63. The summed E-state index contributed by atoms with van der Waals surface area (Å²) in [4.78, 5) is 35.4. The maximum atomic E-state index is 14.4. The van der Waals surface area contributed by atoms with Crippen LogP contribution in [0.3, 0.4) is 0 Å². The third-order valence-corrected chi connectivity index (χ3v) is 4.65. The van der Waals surface area contributed by atoms with E-state index in [0.717, 1.165) is 11.8 Å². The van der Waals surface area contributed by atoms with Gasteiger partial charge in [0.25, 0.3) is 5.91 Å². The van der Waals surface area contributed by atoms with Gasteiger partial charge in [0, 0.05) is 5.56 Å². The van der Waals surface area contributed by atoms with Crippen molar-refractivity contribution in [2.75, 3.05) is 30.3 Å². The Labute approximate surface area is 151 Å². The quantitative estimate of drug-likeness (QED) is 0.648. The molecule has 1 atom stereocenters. The van der Waals surface area contributed by atoms with Crippen molar-refractivity contribution in [2.24, 2.45) is 5.10 Å². The molecule has 0 aliphatic carbocycles. The smallest absolute Gasteiger partial charge is 0.414 e. The monoisotopic (exact) mass is 382 g/mol. The van der Waals surface area contributed by atoms with E-state index >= 15 is 0 Å². The average molecular weight is 382 g/mol. The fourth-order valence-corrected chi connectivity index (χ4v) is 3.18. The molecule has 26 heavy (non-hydrogen) atoms. The van der Waals surface area contributed by atoms with Gasteiger partial charge in [-0.1, -0.05) is 11.8 Å². The molecule has 1 aromatic carbocycles. The third kappa shape index (κ3) is 3.94. The Bertz CT molecular complexity index is 787. The maximum absolute atomic E-state index is 14.4. The van der Waals surface area contributed by atoms with Crippen molar-refractivity contribution in [3.63, 3.8) is 0 Å². The van der Waals surface area contributed by atoms with Gasteiger partial charge < -0.3 is 15.2 Å². The van der Waals surface area contributed by atoms with Crippen LogP contribution in [-0.2, 0) is 14.3 Å². The number of rotatable bonds is 5. The highest BCUT2D eigenvalue weighted by atomic mass is 32.2. The lowest BCUT2D eigenvalue weighted by Crippen LogP contribution is -2.36. The fraction of sp³-hybridized carbons (Fsp3) is 0.333. The summed E-state index contributed by atoms with van der Waals surface area (Å²) in [5, 5.41) is 15.2. The third-order valence-electron chi connectivity index (χ3n) is 3.66. The van der Waals surface area contributed by atoms with Gasteiger partial charge >= 0.3 is 6.09 Å². The SMILES string of the molecule is O=C(CO)NCC1CN(c2ccc(C3=NNC(=O)CS3)c(F)c2)C(=O)O1. The normalized spacial score (nSPS) is 19.7. The Hall–Kier alpha value is -2.66. The van der Waals surface area contributed by atoms with Crippen molar-refractivity contribution in [1.82, 2.24) is 10.7 Å². The molecule has 9 nitrogen and oxygen atoms in total. The lowest BCUT2D eigenvalue weighted by molar-refractivity contribution is -0.124. The number of halogens is 1. The van der Waals surface area contributed by atoms with E-state index in [-0.39, 0.29) is 30.3 Å². The highest BCUT2D eigenvalue weighted by Gasteiger charge is 2.33. The Morgan fingerprint density at radius 3 is 2.96 bits per heavy atom. The van der Waals surface area contributed by atoms with Gasteiger partial charge in [0.1, 0.15) is 23.6 Å². The van der Waals surface area contributed by atoms with E-state index in [0.29, 0.717) is 10.7 Å². The standard InChI is InChI=1S/C15H15FN4O5S/c16-11-3-8(1-2-10(11)14-19-18-13(23)7-26-14)20-5-9(25-15(20)24)4-17-12(22)6-21/h1-3,9,21H,4-7H2,(H,17,22)(H,18,23). The van der Waals surface area contributed by atoms with Crippen molar-refractivity contribution >= 4 is 40.4 Å². The van der Waals surface area contributed by atoms with Gasteiger partial charge in [-0.15, -0.1) is 0 Å². The highest BCUT2D eigenvalue weighted by molar-refractivity contribution is 8.15. The van der Waals surface area contributed by atoms with Crippen LogP contribution < -0.4 is 15.6 Å². The summed E-state index contributed by atoms with van der Waals surface area (Å²) in [6.07, 6.45) is -1.26. The van der Waals surface area contributed by atoms with Crippen molar-refractivity contribution in [1.29, 1.82) is 0 Å². The molecule has 3 amide bonds. The summed E-state index contributed by atoms with van der Waals surface area (Å²) in [7, 11) is 0. The first-order chi connectivity index (χ1) is 12.5. The molecule has 1 unspecified atom stereocenters. The van der Waals surface area contributed by atoms with Crippen LogP contribution in [0.1, 0.15) is 5.56 Å². The number of aliphatic hydroxyl groups is 1. The molecule has 0 saturated carbocycles. The molecule has 0 spiro atoms. The Morgan fingerprint density at radius 2 is 2.31 bits per heavy atom. The Morgan fingerprint density at radius 1 is 1.50 bits per heavy atom. The van der Waals surface area contributed by atoms with E-state index in [2.05, 4.69) is 15.8 Å². The second-order valence-corrected chi connectivity index (χ2v) is 6.45. The number of carbonyl (C=O) groups excluding carboxylic acids is 3. The molecule has 0 radical (unpaired) electrons. The number of anilines is 1. The minimum absolute atomic E-state index is 0.0509. The number of nitrogens with one attached hydrogen (secondary N) is 2. The average Bonchev–Trinajstić information content (AvgIpc) is 3.01. The first kappa shape index (κ1) is 18.1. The van der Waals surface area contributed by atoms with E-state index in [1.807, 2.05) is 0 Å². The van der Waals surface area contributed by atoms with Gasteiger partial charge in [-0.2, -0.15) is 5.10 Å². The number of nitrogens with zero attached hydrogens (tertiary/aromatic N) is 2. The molecule has 0 aromatic heterocycles. The number of amides is 3. The molecule has 2 aliphatic heterocycles. The summed E-state index contributed by atoms with van der Waals surface area (Å²) in [5.74, 6) is -1.27. The molecule has 2 heterocycles. The molecule has 1 fully saturated rings. The number of carbonyl (C=O) groups is 3. The molecule has 0 bridgehead atoms. The number of benzene rings is 1. The Kier molecular flexibility index (Phi) is 5.38. The van der Waals surface area contributed by atoms with Crippen molar-refractivity contribution in [3.8, 4) is 0 Å². The van der Waals surface area contributed by atoms with Crippen LogP contribution >= 0.6 is 11.8 Å². The van der Waals surface area contributed by atoms with Crippen LogP contribution in [0.25, 0.3) is 0 Å². The number of ether oxygens (including phenoxy) is 1. The second-order valence-electron chi connectivity index (χ2n) is 5.48. The van der Waals surface area contributed by atoms with Gasteiger partial charge in [-0.3, -0.25) is 14.5 Å². The fourth-order valence-electron chi connectivity index (χ4n) is 2.42. The zero-order valence-corrected chi connectivity index (χ0v) is 14.2. The van der Waals surface area contributed by atoms with E-state index in [1.54, 1.807) is 6.07 Å². The van der Waals surface area contributed by atoms with Gasteiger partial charge in [-0.05, 0) is 18.2 Å². The molecule has 3 N–H and O–H groups in total. The predicted octanol–water partition coefficient (Wildman–Crippen LogP) is -0.216. The topological polar surface area (TPSA) is 120 Å². The summed E-state index contributed by atoms with van der Waals surface area (Å²) in [6, 6.07) is 4.21. The zero-order chi connectivity index (χ0) is 18.7. The minimum atomic E-state index is -0.656. The van der Waals surface area contributed by atoms with Crippen LogP contribution in [0.2, 0.25) is 0 Å². The van der Waals surface area contributed by atoms with E-state index in [1.165, 1.54) is 17.0 Å². The van der Waals surface area contributed by atoms with E-state index in [4.69, 9.17) is 9.84 Å². The molecular formula is C15H15FN4O5S. The summed E-state index contributed by atoms with van der Waals surface area (Å²) >= 11 is 1.12. The Balaban J connectivity index is 1.70. The van der Waals surface area contributed by atoms with Crippen LogP contribution in [0.4, 0.5) is 14.9 Å². The van der Waals surface area contributed by atoms with Crippen LogP contribution in [-0.4, -0.2) is 59.6 Å². The van der Waals surface area contributed by atoms with Gasteiger partial charge in [0.2, 0.25) is 5.91 Å². The summed E-state index contributed by atoms with van der Waals surface area (Å²) in [5.41, 5.74) is 2.82. The molecule has 1 aromatic rings. The van der Waals surface area contributed by atoms with Crippen LogP contribution in [0.5, 0.6) is 0 Å². The number of hydrazone groups is 1. The molecule has 1 saturated heterocycles. The molecule has 11 heteroatoms. The molecule has 138 valence electrons. The minimum Gasteiger partial charge on any atom is -0.442 e. The van der Waals surface area contributed by atoms with E-state index in [9.17, 15) is 18.8 Å². The first-order valence-corrected chi connectivity index (χ1v) is 8.61. The summed E-state index contributed by atoms with van der Waals surface area (Å²) < 4.78 is 19.6. The maximum Gasteiger partial charge on any atom is 0.414 e. The number of hydrogen-bond donors (Lipinski definition) is 3. The van der Waals surface area contributed by atoms with Gasteiger partial charge in [0.15, 0.2) is 0 Å². The number of aliphatic hydroxyl groups excluding tert-OH is 1. The molecular weight excluding hydrogens is 367 g/mol. The van der Waals surface area contributed by atoms with Crippen molar-refractivity contribution < 1.29 is 28.6 Å². The number of cyclic esters (lactones) is 1. The van der Waals surface area contributed by atoms with Crippen LogP contribution in [0.15, 0.2) is 23.3 Å². The number of hydrogen-bond acceptors (Lipinski definition) is 7. The molecule has 2 aliphatic rings. The number of thioether (sulfide) groups is 1. The highest BCUT2D eigenvalue weighted by Crippen LogP contribution is 2.26.